The lowest BCUT2D eigenvalue weighted by Crippen LogP contribution is -2.61. The minimum absolute atomic E-state index is 0.0145. The quantitative estimate of drug-likeness (QED) is 0.137. The minimum Gasteiger partial charge on any atom is -0.508 e. The molecule has 3 aromatic rings. The normalized spacial score (nSPS) is 32.5. The molecule has 2 saturated heterocycles. The third kappa shape index (κ3) is 5.74. The number of phenolic OH excluding ortho intramolecular Hbond substituents is 3. The molecule has 0 spiro atoms. The Labute approximate surface area is 248 Å². The molecule has 16 heteroatoms. The van der Waals surface area contributed by atoms with E-state index in [4.69, 9.17) is 28.1 Å². The second kappa shape index (κ2) is 12.4. The Bertz CT molecular complexity index is 1560. The molecule has 0 aliphatic carbocycles. The summed E-state index contributed by atoms with van der Waals surface area (Å²) in [7, 11) is 1.24. The highest BCUT2D eigenvalue weighted by Crippen LogP contribution is 2.39. The third-order valence-corrected chi connectivity index (χ3v) is 7.50. The summed E-state index contributed by atoms with van der Waals surface area (Å²) in [5, 5.41) is 91.9. The van der Waals surface area contributed by atoms with Crippen molar-refractivity contribution in [1.82, 2.24) is 0 Å². The summed E-state index contributed by atoms with van der Waals surface area (Å²) in [5.74, 6) is -2.40. The van der Waals surface area contributed by atoms with E-state index in [2.05, 4.69) is 0 Å². The van der Waals surface area contributed by atoms with E-state index in [1.165, 1.54) is 20.1 Å². The molecule has 2 aliphatic heterocycles. The maximum atomic E-state index is 13.8. The molecule has 5 rings (SSSR count). The summed E-state index contributed by atoms with van der Waals surface area (Å²) in [6.07, 6.45) is -16.0. The van der Waals surface area contributed by atoms with Crippen LogP contribution in [0.1, 0.15) is 6.92 Å². The lowest BCUT2D eigenvalue weighted by molar-refractivity contribution is -0.318. The van der Waals surface area contributed by atoms with Crippen LogP contribution in [0.15, 0.2) is 39.5 Å². The van der Waals surface area contributed by atoms with Crippen LogP contribution < -0.4 is 14.9 Å². The first-order valence-electron chi connectivity index (χ1n) is 13.4. The van der Waals surface area contributed by atoms with Gasteiger partial charge in [-0.2, -0.15) is 0 Å². The van der Waals surface area contributed by atoms with Crippen molar-refractivity contribution in [3.63, 3.8) is 0 Å². The molecular formula is C28H32O16. The van der Waals surface area contributed by atoms with Crippen LogP contribution in [0, 0.1) is 0 Å². The number of ether oxygens (including phenoxy) is 5. The number of methoxy groups -OCH3 is 1. The second-order valence-corrected chi connectivity index (χ2v) is 10.5. The van der Waals surface area contributed by atoms with Gasteiger partial charge in [-0.25, -0.2) is 0 Å². The van der Waals surface area contributed by atoms with Gasteiger partial charge in [0.15, 0.2) is 23.5 Å². The van der Waals surface area contributed by atoms with Crippen molar-refractivity contribution >= 4 is 11.0 Å². The molecule has 44 heavy (non-hydrogen) atoms. The molecule has 1 aromatic heterocycles. The predicted molar refractivity (Wildman–Crippen MR) is 145 cm³/mol. The predicted octanol–water partition coefficient (Wildman–Crippen LogP) is -1.38. The first-order chi connectivity index (χ1) is 20.8. The Morgan fingerprint density at radius 3 is 2.16 bits per heavy atom. The number of fused-ring (bicyclic) bond motifs is 1. The van der Waals surface area contributed by atoms with E-state index in [-0.39, 0.29) is 33.8 Å². The summed E-state index contributed by atoms with van der Waals surface area (Å²) in [5.41, 5.74) is -1.02. The minimum atomic E-state index is -1.94. The van der Waals surface area contributed by atoms with E-state index < -0.39 is 90.7 Å². The van der Waals surface area contributed by atoms with E-state index in [1.807, 2.05) is 0 Å². The molecule has 9 N–H and O–H groups in total. The Hall–Kier alpha value is -3.71. The van der Waals surface area contributed by atoms with Gasteiger partial charge in [0.1, 0.15) is 65.2 Å². The maximum absolute atomic E-state index is 13.8. The van der Waals surface area contributed by atoms with E-state index >= 15 is 0 Å². The average Bonchev–Trinajstić information content (AvgIpc) is 2.99. The van der Waals surface area contributed by atoms with Crippen molar-refractivity contribution in [3.05, 3.63) is 40.6 Å². The maximum Gasteiger partial charge on any atom is 0.239 e. The second-order valence-electron chi connectivity index (χ2n) is 10.5. The fourth-order valence-electron chi connectivity index (χ4n) is 4.98. The first-order valence-corrected chi connectivity index (χ1v) is 13.4. The van der Waals surface area contributed by atoms with Gasteiger partial charge in [0.2, 0.25) is 17.5 Å². The largest absolute Gasteiger partial charge is 0.508 e. The standard InChI is InChI=1S/C28H32O16/c1-9-18(32)21(35)23(37)27(41-9)40-8-16-19(33)22(36)24(38)28(43-16)44-26-20(34)17-14(39-2)6-11(29)7-15(17)42-25(26)10-3-4-12(30)13(31)5-10/h3-7,9,16,18-19,21-24,27-33,35-38H,8H2,1-2H3/t9-,16-,18-,19-,21-,22-,23+,24-,27+,28-/m0/s1. The van der Waals surface area contributed by atoms with Crippen LogP contribution in [-0.4, -0.2) is 121 Å². The van der Waals surface area contributed by atoms with Gasteiger partial charge < -0.3 is 74.1 Å². The number of hydrogen-bond acceptors (Lipinski definition) is 16. The zero-order valence-corrected chi connectivity index (χ0v) is 23.3. The van der Waals surface area contributed by atoms with Crippen LogP contribution in [0.5, 0.6) is 28.7 Å². The molecule has 240 valence electrons. The van der Waals surface area contributed by atoms with Gasteiger partial charge in [0.25, 0.3) is 0 Å². The summed E-state index contributed by atoms with van der Waals surface area (Å²) >= 11 is 0. The topological polar surface area (TPSA) is 258 Å². The van der Waals surface area contributed by atoms with Crippen molar-refractivity contribution in [2.45, 2.75) is 68.3 Å². The monoisotopic (exact) mass is 624 g/mol. The first kappa shape index (κ1) is 31.7. The number of aromatic hydroxyl groups is 3. The number of rotatable bonds is 7. The highest BCUT2D eigenvalue weighted by atomic mass is 16.7. The van der Waals surface area contributed by atoms with Crippen molar-refractivity contribution in [3.8, 4) is 40.1 Å². The van der Waals surface area contributed by atoms with Crippen molar-refractivity contribution in [2.24, 2.45) is 0 Å². The smallest absolute Gasteiger partial charge is 0.239 e. The summed E-state index contributed by atoms with van der Waals surface area (Å²) in [4.78, 5) is 13.8. The molecule has 10 atom stereocenters. The Morgan fingerprint density at radius 1 is 0.795 bits per heavy atom. The third-order valence-electron chi connectivity index (χ3n) is 7.50. The van der Waals surface area contributed by atoms with Gasteiger partial charge in [0, 0.05) is 17.7 Å². The molecule has 2 aromatic carbocycles. The fourth-order valence-corrected chi connectivity index (χ4v) is 4.98. The lowest BCUT2D eigenvalue weighted by Gasteiger charge is -2.42. The summed E-state index contributed by atoms with van der Waals surface area (Å²) < 4.78 is 33.4. The number of hydrogen-bond donors (Lipinski definition) is 9. The molecule has 2 fully saturated rings. The van der Waals surface area contributed by atoms with E-state index in [0.29, 0.717) is 0 Å². The number of phenols is 3. The Kier molecular flexibility index (Phi) is 8.90. The molecule has 0 saturated carbocycles. The van der Waals surface area contributed by atoms with Gasteiger partial charge in [-0.05, 0) is 25.1 Å². The molecule has 2 aliphatic rings. The molecule has 16 nitrogen and oxygen atoms in total. The Balaban J connectivity index is 1.50. The van der Waals surface area contributed by atoms with Crippen LogP contribution in [-0.2, 0) is 14.2 Å². The van der Waals surface area contributed by atoms with Crippen molar-refractivity contribution in [2.75, 3.05) is 13.7 Å². The summed E-state index contributed by atoms with van der Waals surface area (Å²) in [6.45, 7) is 0.850. The highest BCUT2D eigenvalue weighted by molar-refractivity contribution is 5.88. The van der Waals surface area contributed by atoms with Gasteiger partial charge in [-0.3, -0.25) is 4.79 Å². The Morgan fingerprint density at radius 2 is 1.48 bits per heavy atom. The molecule has 0 bridgehead atoms. The molecule has 0 radical (unpaired) electrons. The SMILES string of the molecule is COc1cc(O)cc2oc(-c3ccc(O)c(O)c3)c(O[C@@H]3O[C@@H](CO[C@@H]4O[C@@H](C)[C@H](O)[C@H](O)[C@H]4O)[C@H](O)[C@H](O)[C@@H]3O)c(=O)c12. The molecule has 3 heterocycles. The molecule has 0 amide bonds. The van der Waals surface area contributed by atoms with Gasteiger partial charge in [-0.1, -0.05) is 0 Å². The van der Waals surface area contributed by atoms with Gasteiger partial charge >= 0.3 is 0 Å². The van der Waals surface area contributed by atoms with Crippen molar-refractivity contribution in [1.29, 1.82) is 0 Å². The number of aliphatic hydroxyl groups is 6. The van der Waals surface area contributed by atoms with Crippen molar-refractivity contribution < 1.29 is 74.1 Å². The van der Waals surface area contributed by atoms with Crippen LogP contribution >= 0.6 is 0 Å². The zero-order valence-electron chi connectivity index (χ0n) is 23.3. The summed E-state index contributed by atoms with van der Waals surface area (Å²) in [6, 6.07) is 5.72. The number of aliphatic hydroxyl groups excluding tert-OH is 6. The zero-order chi connectivity index (χ0) is 32.0. The lowest BCUT2D eigenvalue weighted by atomic mass is 9.98. The van der Waals surface area contributed by atoms with Crippen LogP contribution in [0.3, 0.4) is 0 Å². The van der Waals surface area contributed by atoms with Crippen LogP contribution in [0.2, 0.25) is 0 Å². The van der Waals surface area contributed by atoms with Crippen LogP contribution in [0.25, 0.3) is 22.3 Å². The van der Waals surface area contributed by atoms with E-state index in [9.17, 15) is 50.8 Å². The van der Waals surface area contributed by atoms with Crippen LogP contribution in [0.4, 0.5) is 0 Å². The van der Waals surface area contributed by atoms with E-state index in [0.717, 1.165) is 24.3 Å². The van der Waals surface area contributed by atoms with Gasteiger partial charge in [-0.15, -0.1) is 0 Å². The van der Waals surface area contributed by atoms with Gasteiger partial charge in [0.05, 0.1) is 19.8 Å². The highest BCUT2D eigenvalue weighted by Gasteiger charge is 2.47. The molecular weight excluding hydrogens is 592 g/mol. The molecule has 0 unspecified atom stereocenters. The fraction of sp³-hybridized carbons (Fsp3) is 0.464. The van der Waals surface area contributed by atoms with E-state index in [1.54, 1.807) is 0 Å². The number of benzene rings is 2. The average molecular weight is 625 g/mol.